The molecule has 20 heavy (non-hydrogen) atoms. The van der Waals surface area contributed by atoms with E-state index in [-0.39, 0.29) is 21.9 Å². The second-order valence-electron chi connectivity index (χ2n) is 3.61. The predicted octanol–water partition coefficient (Wildman–Crippen LogP) is 3.13. The molecule has 0 unspecified atom stereocenters. The zero-order chi connectivity index (χ0) is 15.1. The SMILES string of the molecule is O=C(O)c1ccccc1Cl.O=C(O)c1ccccc1O. The van der Waals surface area contributed by atoms with Crippen molar-refractivity contribution in [3.05, 3.63) is 64.7 Å². The van der Waals surface area contributed by atoms with Crippen molar-refractivity contribution in [2.45, 2.75) is 0 Å². The van der Waals surface area contributed by atoms with Gasteiger partial charge in [-0.05, 0) is 24.3 Å². The van der Waals surface area contributed by atoms with Crippen molar-refractivity contribution < 1.29 is 24.9 Å². The Bertz CT molecular complexity index is 569. The third-order valence-electron chi connectivity index (χ3n) is 2.24. The fraction of sp³-hybridized carbons (Fsp3) is 0. The maximum atomic E-state index is 10.3. The average molecular weight is 295 g/mol. The predicted molar refractivity (Wildman–Crippen MR) is 73.5 cm³/mol. The molecule has 0 aliphatic carbocycles. The largest absolute Gasteiger partial charge is 0.507 e. The molecule has 6 heteroatoms. The highest BCUT2D eigenvalue weighted by molar-refractivity contribution is 6.33. The molecule has 0 spiro atoms. The van der Waals surface area contributed by atoms with Gasteiger partial charge in [-0.2, -0.15) is 0 Å². The van der Waals surface area contributed by atoms with E-state index in [1.165, 1.54) is 18.2 Å². The van der Waals surface area contributed by atoms with Crippen LogP contribution >= 0.6 is 11.6 Å². The smallest absolute Gasteiger partial charge is 0.339 e. The third-order valence-corrected chi connectivity index (χ3v) is 2.57. The number of para-hydroxylation sites is 1. The van der Waals surface area contributed by atoms with Crippen LogP contribution < -0.4 is 0 Å². The van der Waals surface area contributed by atoms with Crippen LogP contribution in [0.4, 0.5) is 0 Å². The summed E-state index contributed by atoms with van der Waals surface area (Å²) in [6, 6.07) is 12.1. The Morgan fingerprint density at radius 2 is 1.25 bits per heavy atom. The van der Waals surface area contributed by atoms with Crippen LogP contribution in [0, 0.1) is 0 Å². The van der Waals surface area contributed by atoms with Crippen molar-refractivity contribution in [2.24, 2.45) is 0 Å². The fourth-order valence-corrected chi connectivity index (χ4v) is 1.51. The van der Waals surface area contributed by atoms with Crippen LogP contribution in [0.1, 0.15) is 20.7 Å². The number of hydrogen-bond acceptors (Lipinski definition) is 3. The van der Waals surface area contributed by atoms with E-state index in [4.69, 9.17) is 26.9 Å². The van der Waals surface area contributed by atoms with Crippen LogP contribution in [-0.2, 0) is 0 Å². The Labute approximate surface area is 119 Å². The van der Waals surface area contributed by atoms with Crippen molar-refractivity contribution in [3.8, 4) is 5.75 Å². The molecule has 0 radical (unpaired) electrons. The van der Waals surface area contributed by atoms with Crippen molar-refractivity contribution >= 4 is 23.5 Å². The Morgan fingerprint density at radius 3 is 1.60 bits per heavy atom. The van der Waals surface area contributed by atoms with E-state index in [9.17, 15) is 9.59 Å². The lowest BCUT2D eigenvalue weighted by molar-refractivity contribution is 0.0684. The molecule has 0 amide bonds. The van der Waals surface area contributed by atoms with Crippen molar-refractivity contribution in [1.29, 1.82) is 0 Å². The first-order valence-electron chi connectivity index (χ1n) is 5.42. The fourth-order valence-electron chi connectivity index (χ4n) is 1.29. The number of halogens is 1. The van der Waals surface area contributed by atoms with E-state index in [0.29, 0.717) is 0 Å². The van der Waals surface area contributed by atoms with Gasteiger partial charge in [0.25, 0.3) is 0 Å². The standard InChI is InChI=1S/C7H5ClO2.C7H6O3/c2*8-6-4-2-1-3-5(6)7(9)10/h1-4H,(H,9,10);1-4,8H,(H,9,10). The molecule has 104 valence electrons. The van der Waals surface area contributed by atoms with E-state index < -0.39 is 11.9 Å². The van der Waals surface area contributed by atoms with Gasteiger partial charge in [0, 0.05) is 0 Å². The van der Waals surface area contributed by atoms with Crippen molar-refractivity contribution in [2.75, 3.05) is 0 Å². The van der Waals surface area contributed by atoms with Crippen LogP contribution in [0.15, 0.2) is 48.5 Å². The van der Waals surface area contributed by atoms with Crippen LogP contribution in [0.3, 0.4) is 0 Å². The number of aromatic carboxylic acids is 2. The molecule has 2 rings (SSSR count). The number of benzene rings is 2. The quantitative estimate of drug-likeness (QED) is 0.791. The number of rotatable bonds is 2. The lowest BCUT2D eigenvalue weighted by Gasteiger charge is -1.95. The molecular formula is C14H11ClO5. The van der Waals surface area contributed by atoms with Crippen molar-refractivity contribution in [3.63, 3.8) is 0 Å². The molecule has 0 heterocycles. The van der Waals surface area contributed by atoms with Gasteiger partial charge in [-0.15, -0.1) is 0 Å². The van der Waals surface area contributed by atoms with Gasteiger partial charge >= 0.3 is 11.9 Å². The summed E-state index contributed by atoms with van der Waals surface area (Å²) in [7, 11) is 0. The second-order valence-corrected chi connectivity index (χ2v) is 4.01. The summed E-state index contributed by atoms with van der Waals surface area (Å²) in [6.07, 6.45) is 0. The number of phenols is 1. The topological polar surface area (TPSA) is 94.8 Å². The molecule has 3 N–H and O–H groups in total. The number of hydrogen-bond donors (Lipinski definition) is 3. The monoisotopic (exact) mass is 294 g/mol. The van der Waals surface area contributed by atoms with E-state index in [2.05, 4.69) is 0 Å². The second kappa shape index (κ2) is 7.16. The molecule has 0 bridgehead atoms. The number of carboxylic acids is 2. The zero-order valence-corrected chi connectivity index (χ0v) is 10.9. The van der Waals surface area contributed by atoms with E-state index in [1.54, 1.807) is 30.3 Å². The first-order valence-corrected chi connectivity index (χ1v) is 5.80. The molecule has 2 aromatic rings. The Morgan fingerprint density at radius 1 is 0.800 bits per heavy atom. The molecule has 0 aromatic heterocycles. The van der Waals surface area contributed by atoms with Crippen LogP contribution in [0.5, 0.6) is 5.75 Å². The minimum absolute atomic E-state index is 0.0671. The number of carboxylic acid groups (broad SMARTS) is 2. The maximum absolute atomic E-state index is 10.3. The molecule has 0 aliphatic rings. The maximum Gasteiger partial charge on any atom is 0.339 e. The highest BCUT2D eigenvalue weighted by Gasteiger charge is 2.06. The van der Waals surface area contributed by atoms with Crippen LogP contribution in [0.2, 0.25) is 5.02 Å². The van der Waals surface area contributed by atoms with Gasteiger partial charge in [-0.3, -0.25) is 0 Å². The van der Waals surface area contributed by atoms with E-state index in [1.807, 2.05) is 0 Å². The Hall–Kier alpha value is -2.53. The summed E-state index contributed by atoms with van der Waals surface area (Å²) in [4.78, 5) is 20.6. The van der Waals surface area contributed by atoms with Gasteiger partial charge < -0.3 is 15.3 Å². The summed E-state index contributed by atoms with van der Waals surface area (Å²) in [5.41, 5.74) is 0.0756. The van der Waals surface area contributed by atoms with Gasteiger partial charge in [-0.1, -0.05) is 35.9 Å². The molecule has 0 saturated heterocycles. The van der Waals surface area contributed by atoms with Crippen LogP contribution in [0.25, 0.3) is 0 Å². The van der Waals surface area contributed by atoms with Gasteiger partial charge in [0.15, 0.2) is 0 Å². The molecule has 0 saturated carbocycles. The van der Waals surface area contributed by atoms with E-state index >= 15 is 0 Å². The molecular weight excluding hydrogens is 284 g/mol. The highest BCUT2D eigenvalue weighted by atomic mass is 35.5. The number of carbonyl (C=O) groups is 2. The normalized spacial score (nSPS) is 9.25. The summed E-state index contributed by atoms with van der Waals surface area (Å²) < 4.78 is 0. The average Bonchev–Trinajstić information content (AvgIpc) is 2.40. The minimum Gasteiger partial charge on any atom is -0.507 e. The van der Waals surface area contributed by atoms with Gasteiger partial charge in [-0.25, -0.2) is 9.59 Å². The summed E-state index contributed by atoms with van der Waals surface area (Å²) in [6.45, 7) is 0. The lowest BCUT2D eigenvalue weighted by atomic mass is 10.2. The van der Waals surface area contributed by atoms with Gasteiger partial charge in [0.1, 0.15) is 11.3 Å². The summed E-state index contributed by atoms with van der Waals surface area (Å²) in [5.74, 6) is -2.31. The Balaban J connectivity index is 0.000000200. The molecule has 5 nitrogen and oxygen atoms in total. The van der Waals surface area contributed by atoms with Gasteiger partial charge in [0.05, 0.1) is 10.6 Å². The van der Waals surface area contributed by atoms with Crippen LogP contribution in [-0.4, -0.2) is 27.3 Å². The Kier molecular flexibility index (Phi) is 5.56. The van der Waals surface area contributed by atoms with Crippen molar-refractivity contribution in [1.82, 2.24) is 0 Å². The highest BCUT2D eigenvalue weighted by Crippen LogP contribution is 2.14. The lowest BCUT2D eigenvalue weighted by Crippen LogP contribution is -1.95. The zero-order valence-electron chi connectivity index (χ0n) is 10.2. The van der Waals surface area contributed by atoms with Gasteiger partial charge in [0.2, 0.25) is 0 Å². The third kappa shape index (κ3) is 4.29. The summed E-state index contributed by atoms with van der Waals surface area (Å²) >= 11 is 5.54. The van der Waals surface area contributed by atoms with E-state index in [0.717, 1.165) is 0 Å². The first-order chi connectivity index (χ1) is 9.43. The molecule has 0 fully saturated rings. The summed E-state index contributed by atoms with van der Waals surface area (Å²) in [5, 5.41) is 26.1. The number of aromatic hydroxyl groups is 1. The molecule has 0 atom stereocenters. The molecule has 2 aromatic carbocycles. The minimum atomic E-state index is -1.11. The molecule has 0 aliphatic heterocycles. The first kappa shape index (κ1) is 15.5.